The van der Waals surface area contributed by atoms with Crippen molar-refractivity contribution in [1.29, 1.82) is 0 Å². The normalized spacial score (nSPS) is 11.9. The molecule has 0 rings (SSSR count). The first kappa shape index (κ1) is 22.1. The summed E-state index contributed by atoms with van der Waals surface area (Å²) < 4.78 is 0. The average Bonchev–Trinajstić information content (AvgIpc) is 2.16. The van der Waals surface area contributed by atoms with Crippen molar-refractivity contribution in [2.24, 2.45) is 0 Å². The summed E-state index contributed by atoms with van der Waals surface area (Å²) in [7, 11) is 0. The van der Waals surface area contributed by atoms with Crippen LogP contribution in [0.2, 0.25) is 0 Å². The Labute approximate surface area is 108 Å². The number of aliphatic hydroxyl groups excluding tert-OH is 2. The molecule has 107 valence electrons. The second-order valence-corrected chi connectivity index (χ2v) is 2.90. The van der Waals surface area contributed by atoms with Crippen molar-refractivity contribution in [3.05, 3.63) is 0 Å². The first-order chi connectivity index (χ1) is 8.07. The number of hydrogen-bond donors (Lipinski definition) is 6. The van der Waals surface area contributed by atoms with E-state index in [4.69, 9.17) is 30.6 Å². The smallest absolute Gasteiger partial charge is 0.333 e. The first-order valence-electron chi connectivity index (χ1n) is 4.33. The Morgan fingerprint density at radius 1 is 0.684 bits per heavy atom. The topological polar surface area (TPSA) is 190 Å². The van der Waals surface area contributed by atoms with Crippen LogP contribution < -0.4 is 0 Å². The van der Waals surface area contributed by atoms with Crippen molar-refractivity contribution in [3.63, 3.8) is 0 Å². The molecule has 2 atom stereocenters. The SMILES string of the molecule is O=C(O)CC(O)C(=O)O.O=C(O)CC(O)C(=O)O.[B]. The Balaban J connectivity index is -0.000000256. The van der Waals surface area contributed by atoms with E-state index in [1.165, 1.54) is 0 Å². The lowest BCUT2D eigenvalue weighted by Gasteiger charge is -1.97. The molecule has 0 aliphatic rings. The van der Waals surface area contributed by atoms with Crippen LogP contribution in [-0.4, -0.2) is 75.1 Å². The van der Waals surface area contributed by atoms with Crippen molar-refractivity contribution in [2.75, 3.05) is 0 Å². The van der Waals surface area contributed by atoms with Crippen LogP contribution in [-0.2, 0) is 19.2 Å². The van der Waals surface area contributed by atoms with Crippen molar-refractivity contribution < 1.29 is 49.8 Å². The number of carbonyl (C=O) groups is 4. The third kappa shape index (κ3) is 15.9. The molecule has 0 saturated carbocycles. The van der Waals surface area contributed by atoms with Crippen LogP contribution in [0.1, 0.15) is 12.8 Å². The third-order valence-electron chi connectivity index (χ3n) is 1.31. The third-order valence-corrected chi connectivity index (χ3v) is 1.31. The second-order valence-electron chi connectivity index (χ2n) is 2.90. The maximum atomic E-state index is 9.72. The molecular formula is C8H12BO10. The predicted octanol–water partition coefficient (Wildman–Crippen LogP) is -2.57. The number of rotatable bonds is 6. The van der Waals surface area contributed by atoms with E-state index in [0.29, 0.717) is 0 Å². The molecule has 11 heteroatoms. The van der Waals surface area contributed by atoms with E-state index in [1.807, 2.05) is 0 Å². The van der Waals surface area contributed by atoms with Crippen LogP contribution in [0.4, 0.5) is 0 Å². The fraction of sp³-hybridized carbons (Fsp3) is 0.500. The zero-order valence-electron chi connectivity index (χ0n) is 9.46. The Morgan fingerprint density at radius 2 is 0.895 bits per heavy atom. The summed E-state index contributed by atoms with van der Waals surface area (Å²) in [6, 6.07) is 0. The molecule has 0 aromatic carbocycles. The Hall–Kier alpha value is -2.14. The molecule has 6 N–H and O–H groups in total. The first-order valence-corrected chi connectivity index (χ1v) is 4.33. The van der Waals surface area contributed by atoms with Gasteiger partial charge in [0, 0.05) is 8.41 Å². The van der Waals surface area contributed by atoms with E-state index >= 15 is 0 Å². The van der Waals surface area contributed by atoms with Crippen molar-refractivity contribution in [2.45, 2.75) is 25.0 Å². The van der Waals surface area contributed by atoms with Gasteiger partial charge in [-0.1, -0.05) is 0 Å². The number of carboxylic acids is 4. The van der Waals surface area contributed by atoms with Gasteiger partial charge >= 0.3 is 23.9 Å². The highest BCUT2D eigenvalue weighted by Gasteiger charge is 2.16. The molecule has 19 heavy (non-hydrogen) atoms. The van der Waals surface area contributed by atoms with Crippen molar-refractivity contribution in [1.82, 2.24) is 0 Å². The molecule has 3 radical (unpaired) electrons. The van der Waals surface area contributed by atoms with Crippen molar-refractivity contribution in [3.8, 4) is 0 Å². The second kappa shape index (κ2) is 11.0. The molecule has 10 nitrogen and oxygen atoms in total. The molecule has 0 aromatic heterocycles. The molecule has 0 aliphatic heterocycles. The van der Waals surface area contributed by atoms with E-state index in [1.54, 1.807) is 0 Å². The van der Waals surface area contributed by atoms with Crippen LogP contribution in [0.5, 0.6) is 0 Å². The summed E-state index contributed by atoms with van der Waals surface area (Å²) in [5, 5.41) is 48.3. The molecular weight excluding hydrogens is 267 g/mol. The molecule has 0 amide bonds. The van der Waals surface area contributed by atoms with Gasteiger partial charge in [-0.15, -0.1) is 0 Å². The van der Waals surface area contributed by atoms with Gasteiger partial charge in [-0.05, 0) is 0 Å². The van der Waals surface area contributed by atoms with E-state index in [0.717, 1.165) is 0 Å². The molecule has 0 fully saturated rings. The van der Waals surface area contributed by atoms with Crippen LogP contribution in [0.15, 0.2) is 0 Å². The average molecular weight is 279 g/mol. The Kier molecular flexibility index (Phi) is 12.8. The highest BCUT2D eigenvalue weighted by Crippen LogP contribution is 1.90. The Bertz CT molecular complexity index is 295. The molecule has 0 bridgehead atoms. The van der Waals surface area contributed by atoms with Crippen LogP contribution in [0.3, 0.4) is 0 Å². The lowest BCUT2D eigenvalue weighted by molar-refractivity contribution is -0.153. The fourth-order valence-electron chi connectivity index (χ4n) is 0.505. The summed E-state index contributed by atoms with van der Waals surface area (Å²) in [5.74, 6) is -5.69. The maximum Gasteiger partial charge on any atom is 0.333 e. The van der Waals surface area contributed by atoms with Gasteiger partial charge in [-0.2, -0.15) is 0 Å². The Morgan fingerprint density at radius 3 is 0.947 bits per heavy atom. The predicted molar refractivity (Wildman–Crippen MR) is 57.5 cm³/mol. The lowest BCUT2D eigenvalue weighted by Crippen LogP contribution is -2.22. The van der Waals surface area contributed by atoms with Gasteiger partial charge in [-0.3, -0.25) is 9.59 Å². The summed E-state index contributed by atoms with van der Waals surface area (Å²) >= 11 is 0. The number of aliphatic hydroxyl groups is 2. The van der Waals surface area contributed by atoms with Crippen LogP contribution >= 0.6 is 0 Å². The summed E-state index contributed by atoms with van der Waals surface area (Å²) in [6.07, 6.45) is -5.09. The van der Waals surface area contributed by atoms with Gasteiger partial charge in [0.1, 0.15) is 0 Å². The quantitative estimate of drug-likeness (QED) is 0.282. The van der Waals surface area contributed by atoms with E-state index in [2.05, 4.69) is 0 Å². The minimum atomic E-state index is -1.79. The van der Waals surface area contributed by atoms with Gasteiger partial charge in [0.15, 0.2) is 12.2 Å². The minimum absolute atomic E-state index is 0. The number of carboxylic acid groups (broad SMARTS) is 4. The highest BCUT2D eigenvalue weighted by atomic mass is 16.4. The highest BCUT2D eigenvalue weighted by molar-refractivity contribution is 5.79. The van der Waals surface area contributed by atoms with Crippen LogP contribution in [0.25, 0.3) is 0 Å². The summed E-state index contributed by atoms with van der Waals surface area (Å²) in [5.41, 5.74) is 0. The zero-order valence-corrected chi connectivity index (χ0v) is 9.46. The van der Waals surface area contributed by atoms with Gasteiger partial charge in [0.25, 0.3) is 0 Å². The molecule has 0 aromatic rings. The van der Waals surface area contributed by atoms with Gasteiger partial charge in [0.05, 0.1) is 12.8 Å². The molecule has 2 unspecified atom stereocenters. The lowest BCUT2D eigenvalue weighted by atomic mass is 10.3. The van der Waals surface area contributed by atoms with Crippen molar-refractivity contribution >= 4 is 32.3 Å². The van der Waals surface area contributed by atoms with E-state index < -0.39 is 48.9 Å². The fourth-order valence-corrected chi connectivity index (χ4v) is 0.505. The number of aliphatic carboxylic acids is 4. The van der Waals surface area contributed by atoms with E-state index in [9.17, 15) is 19.2 Å². The van der Waals surface area contributed by atoms with Crippen LogP contribution in [0, 0.1) is 0 Å². The molecule has 0 heterocycles. The number of hydrogen-bond acceptors (Lipinski definition) is 6. The molecule has 0 saturated heterocycles. The van der Waals surface area contributed by atoms with Gasteiger partial charge in [0.2, 0.25) is 0 Å². The monoisotopic (exact) mass is 279 g/mol. The molecule has 0 spiro atoms. The van der Waals surface area contributed by atoms with Gasteiger partial charge in [-0.25, -0.2) is 9.59 Å². The largest absolute Gasteiger partial charge is 0.481 e. The zero-order chi connectivity index (χ0) is 14.9. The maximum absolute atomic E-state index is 9.72. The molecule has 0 aliphatic carbocycles. The van der Waals surface area contributed by atoms with E-state index in [-0.39, 0.29) is 8.41 Å². The van der Waals surface area contributed by atoms with Gasteiger partial charge < -0.3 is 30.6 Å². The minimum Gasteiger partial charge on any atom is -0.481 e. The standard InChI is InChI=1S/2C4H6O5.B/c2*5-2(4(8)9)1-3(6)7;/h2*2,5H,1H2,(H,6,7)(H,8,9);. The summed E-state index contributed by atoms with van der Waals surface area (Å²) in [6.45, 7) is 0. The summed E-state index contributed by atoms with van der Waals surface area (Å²) in [4.78, 5) is 38.8.